The number of ether oxygens (including phenoxy) is 1. The van der Waals surface area contributed by atoms with Crippen molar-refractivity contribution < 1.29 is 4.74 Å². The molecule has 0 heterocycles. The number of nitrogens with zero attached hydrogens (tertiary/aromatic N) is 1. The Labute approximate surface area is 369 Å². The number of para-hydroxylation sites is 1. The van der Waals surface area contributed by atoms with Crippen LogP contribution in [0.5, 0.6) is 0 Å². The van der Waals surface area contributed by atoms with Crippen LogP contribution in [0.15, 0.2) is 249 Å². The minimum atomic E-state index is 0.173. The molecule has 0 unspecified atom stereocenters. The zero-order chi connectivity index (χ0) is 42.4. The molecule has 0 atom stereocenters. The van der Waals surface area contributed by atoms with Gasteiger partial charge in [0, 0.05) is 22.6 Å². The second kappa shape index (κ2) is 17.8. The fourth-order valence-corrected chi connectivity index (χ4v) is 8.39. The number of nitrogens with one attached hydrogen (secondary N) is 1. The van der Waals surface area contributed by atoms with Crippen LogP contribution < -0.4 is 4.90 Å². The van der Waals surface area contributed by atoms with Crippen molar-refractivity contribution in [2.45, 2.75) is 6.61 Å². The van der Waals surface area contributed by atoms with E-state index in [-0.39, 0.29) is 5.90 Å². The van der Waals surface area contributed by atoms with Crippen LogP contribution in [0, 0.1) is 5.41 Å². The molecule has 300 valence electrons. The Balaban J connectivity index is 0.897. The summed E-state index contributed by atoms with van der Waals surface area (Å²) in [7, 11) is 0. The summed E-state index contributed by atoms with van der Waals surface area (Å²) in [6.45, 7) is 0.337. The molecule has 10 rings (SSSR count). The van der Waals surface area contributed by atoms with E-state index >= 15 is 0 Å². The van der Waals surface area contributed by atoms with Gasteiger partial charge in [0.1, 0.15) is 6.61 Å². The van der Waals surface area contributed by atoms with E-state index in [0.29, 0.717) is 6.61 Å². The summed E-state index contributed by atoms with van der Waals surface area (Å²) in [5.74, 6) is 0.173. The van der Waals surface area contributed by atoms with E-state index in [9.17, 15) is 0 Å². The lowest BCUT2D eigenvalue weighted by Gasteiger charge is -2.26. The first-order chi connectivity index (χ1) is 31.1. The van der Waals surface area contributed by atoms with Gasteiger partial charge in [-0.2, -0.15) is 0 Å². The number of rotatable bonds is 11. The maximum absolute atomic E-state index is 8.33. The van der Waals surface area contributed by atoms with Gasteiger partial charge in [0.15, 0.2) is 0 Å². The van der Waals surface area contributed by atoms with Crippen molar-refractivity contribution in [2.75, 3.05) is 4.90 Å². The minimum Gasteiger partial charge on any atom is -0.473 e. The average molecular weight is 809 g/mol. The lowest BCUT2D eigenvalue weighted by atomic mass is 9.89. The predicted octanol–water partition coefficient (Wildman–Crippen LogP) is 16.2. The monoisotopic (exact) mass is 808 g/mol. The molecule has 0 aliphatic heterocycles. The van der Waals surface area contributed by atoms with Crippen molar-refractivity contribution >= 4 is 33.7 Å². The van der Waals surface area contributed by atoms with Crippen molar-refractivity contribution in [2.24, 2.45) is 0 Å². The van der Waals surface area contributed by atoms with Crippen molar-refractivity contribution in [1.29, 1.82) is 5.41 Å². The molecular weight excluding hydrogens is 765 g/mol. The summed E-state index contributed by atoms with van der Waals surface area (Å²) in [6.07, 6.45) is 0. The van der Waals surface area contributed by atoms with Crippen molar-refractivity contribution in [3.05, 3.63) is 260 Å². The molecule has 0 amide bonds. The lowest BCUT2D eigenvalue weighted by molar-refractivity contribution is 0.291. The van der Waals surface area contributed by atoms with Crippen LogP contribution in [0.2, 0.25) is 0 Å². The largest absolute Gasteiger partial charge is 0.473 e. The zero-order valence-electron chi connectivity index (χ0n) is 34.7. The Morgan fingerprint density at radius 1 is 0.333 bits per heavy atom. The molecule has 3 nitrogen and oxygen atoms in total. The summed E-state index contributed by atoms with van der Waals surface area (Å²) in [5, 5.41) is 10.8. The van der Waals surface area contributed by atoms with Crippen LogP contribution in [-0.2, 0) is 11.3 Å². The molecule has 3 heteroatoms. The van der Waals surface area contributed by atoms with Gasteiger partial charge >= 0.3 is 0 Å². The molecule has 0 spiro atoms. The molecule has 1 N–H and O–H groups in total. The third kappa shape index (κ3) is 8.41. The Morgan fingerprint density at radius 2 is 0.730 bits per heavy atom. The van der Waals surface area contributed by atoms with E-state index in [0.717, 1.165) is 44.9 Å². The normalized spacial score (nSPS) is 11.0. The highest BCUT2D eigenvalue weighted by Gasteiger charge is 2.16. The molecule has 10 aromatic rings. The Hall–Kier alpha value is -8.27. The van der Waals surface area contributed by atoms with Gasteiger partial charge in [-0.25, -0.2) is 0 Å². The van der Waals surface area contributed by atoms with Crippen LogP contribution in [0.3, 0.4) is 0 Å². The molecule has 63 heavy (non-hydrogen) atoms. The first kappa shape index (κ1) is 38.9. The van der Waals surface area contributed by atoms with Crippen LogP contribution in [0.1, 0.15) is 11.1 Å². The SMILES string of the molecule is N=C(OCc1ccc(-c2ccccc2-c2ccccc2-c2ccc(N(c3ccccc3)c3ccc(-c4ccc(-c5ccc6ccccc6c5)cc4)cc3)cc2)cc1)c1ccccc1. The summed E-state index contributed by atoms with van der Waals surface area (Å²) in [5.41, 5.74) is 16.8. The second-order valence-electron chi connectivity index (χ2n) is 15.7. The number of benzene rings is 10. The number of anilines is 3. The Kier molecular flexibility index (Phi) is 11.0. The minimum absolute atomic E-state index is 0.173. The predicted molar refractivity (Wildman–Crippen MR) is 264 cm³/mol. The number of fused-ring (bicyclic) bond motifs is 1. The second-order valence-corrected chi connectivity index (χ2v) is 15.7. The van der Waals surface area contributed by atoms with Gasteiger partial charge in [-0.3, -0.25) is 5.41 Å². The van der Waals surface area contributed by atoms with E-state index in [2.05, 4.69) is 223 Å². The van der Waals surface area contributed by atoms with Gasteiger partial charge in [0.05, 0.1) is 0 Å². The maximum Gasteiger partial charge on any atom is 0.213 e. The Morgan fingerprint density at radius 3 is 1.30 bits per heavy atom. The highest BCUT2D eigenvalue weighted by molar-refractivity contribution is 5.93. The third-order valence-electron chi connectivity index (χ3n) is 11.7. The first-order valence-electron chi connectivity index (χ1n) is 21.3. The number of hydrogen-bond acceptors (Lipinski definition) is 3. The molecule has 0 fully saturated rings. The van der Waals surface area contributed by atoms with Crippen LogP contribution in [-0.4, -0.2) is 5.90 Å². The first-order valence-corrected chi connectivity index (χ1v) is 21.3. The Bertz CT molecular complexity index is 3140. The van der Waals surface area contributed by atoms with Crippen molar-refractivity contribution in [1.82, 2.24) is 0 Å². The topological polar surface area (TPSA) is 36.3 Å². The summed E-state index contributed by atoms with van der Waals surface area (Å²) in [4.78, 5) is 2.32. The van der Waals surface area contributed by atoms with Gasteiger partial charge in [0.2, 0.25) is 5.90 Å². The molecule has 0 aliphatic carbocycles. The van der Waals surface area contributed by atoms with E-state index in [1.165, 1.54) is 49.7 Å². The molecule has 0 radical (unpaired) electrons. The summed E-state index contributed by atoms with van der Waals surface area (Å²) < 4.78 is 5.82. The average Bonchev–Trinajstić information content (AvgIpc) is 3.37. The summed E-state index contributed by atoms with van der Waals surface area (Å²) >= 11 is 0. The highest BCUT2D eigenvalue weighted by atomic mass is 16.5. The molecule has 0 saturated heterocycles. The molecular formula is C60H44N2O. The fraction of sp³-hybridized carbons (Fsp3) is 0.0167. The van der Waals surface area contributed by atoms with Crippen molar-refractivity contribution in [3.8, 4) is 55.6 Å². The van der Waals surface area contributed by atoms with E-state index in [1.54, 1.807) is 0 Å². The molecule has 0 saturated carbocycles. The quantitative estimate of drug-likeness (QED) is 0.104. The standard InChI is InChI=1S/C60H44N2O/c61-60(50-14-3-1-4-15-50)63-42-43-23-25-48(26-24-43)56-19-9-11-21-58(56)59-22-12-10-20-57(59)49-35-39-55(40-36-49)62(53-17-5-2-6-18-53)54-37-33-46(34-38-54)45-27-29-47(30-28-45)52-32-31-44-13-7-8-16-51(44)41-52/h1-41,61H,42H2. The van der Waals surface area contributed by atoms with E-state index in [4.69, 9.17) is 10.1 Å². The molecule has 0 bridgehead atoms. The van der Waals surface area contributed by atoms with E-state index in [1.807, 2.05) is 30.3 Å². The fourth-order valence-electron chi connectivity index (χ4n) is 8.39. The van der Waals surface area contributed by atoms with Gasteiger partial charge in [-0.05, 0) is 127 Å². The van der Waals surface area contributed by atoms with Gasteiger partial charge < -0.3 is 9.64 Å². The van der Waals surface area contributed by atoms with Crippen LogP contribution in [0.4, 0.5) is 17.1 Å². The zero-order valence-corrected chi connectivity index (χ0v) is 34.7. The van der Waals surface area contributed by atoms with E-state index < -0.39 is 0 Å². The van der Waals surface area contributed by atoms with Crippen LogP contribution >= 0.6 is 0 Å². The van der Waals surface area contributed by atoms with Gasteiger partial charge in [-0.1, -0.05) is 194 Å². The molecule has 10 aromatic carbocycles. The third-order valence-corrected chi connectivity index (χ3v) is 11.7. The highest BCUT2D eigenvalue weighted by Crippen LogP contribution is 2.41. The molecule has 0 aliphatic rings. The van der Waals surface area contributed by atoms with Gasteiger partial charge in [-0.15, -0.1) is 0 Å². The number of hydrogen-bond donors (Lipinski definition) is 1. The smallest absolute Gasteiger partial charge is 0.213 e. The summed E-state index contributed by atoms with van der Waals surface area (Å²) in [6, 6.07) is 87.7. The maximum atomic E-state index is 8.33. The van der Waals surface area contributed by atoms with Gasteiger partial charge in [0.25, 0.3) is 0 Å². The van der Waals surface area contributed by atoms with Crippen molar-refractivity contribution in [3.63, 3.8) is 0 Å². The lowest BCUT2D eigenvalue weighted by Crippen LogP contribution is -2.09. The molecule has 0 aromatic heterocycles. The van der Waals surface area contributed by atoms with Crippen LogP contribution in [0.25, 0.3) is 66.4 Å².